The zero-order valence-electron chi connectivity index (χ0n) is 13.8. The molecule has 0 bridgehead atoms. The topological polar surface area (TPSA) is 44.8 Å². The smallest absolute Gasteiger partial charge is 0.156 e. The van der Waals surface area contributed by atoms with E-state index in [4.69, 9.17) is 4.98 Å². The molecule has 124 valence electrons. The molecule has 0 atom stereocenters. The van der Waals surface area contributed by atoms with E-state index in [-0.39, 0.29) is 5.82 Å². The summed E-state index contributed by atoms with van der Waals surface area (Å²) in [4.78, 5) is 15.1. The van der Waals surface area contributed by atoms with E-state index >= 15 is 0 Å². The highest BCUT2D eigenvalue weighted by Crippen LogP contribution is 2.28. The number of nitrogens with zero attached hydrogens (tertiary/aromatic N) is 3. The van der Waals surface area contributed by atoms with E-state index in [9.17, 15) is 4.39 Å². The lowest BCUT2D eigenvalue weighted by molar-refractivity contribution is 0.574. The molecule has 2 aromatic heterocycles. The number of hydrogen-bond acceptors (Lipinski definition) is 3. The van der Waals surface area contributed by atoms with Crippen molar-refractivity contribution in [1.29, 1.82) is 0 Å². The van der Waals surface area contributed by atoms with Gasteiger partial charge in [-0.3, -0.25) is 0 Å². The molecule has 1 fully saturated rings. The fourth-order valence-electron chi connectivity index (χ4n) is 3.44. The molecule has 0 unspecified atom stereocenters. The van der Waals surface area contributed by atoms with Crippen LogP contribution in [0.25, 0.3) is 11.0 Å². The third-order valence-corrected chi connectivity index (χ3v) is 4.66. The summed E-state index contributed by atoms with van der Waals surface area (Å²) in [6.07, 6.45) is 6.47. The molecular weight excluding hydrogens is 303 g/mol. The van der Waals surface area contributed by atoms with Gasteiger partial charge in [-0.2, -0.15) is 0 Å². The second kappa shape index (κ2) is 6.23. The molecule has 0 radical (unpaired) electrons. The van der Waals surface area contributed by atoms with E-state index in [0.717, 1.165) is 53.3 Å². The zero-order valence-corrected chi connectivity index (χ0v) is 13.8. The molecule has 24 heavy (non-hydrogen) atoms. The van der Waals surface area contributed by atoms with Crippen molar-refractivity contribution < 1.29 is 4.39 Å². The number of rotatable bonds is 3. The second-order valence-corrected chi connectivity index (χ2v) is 6.48. The summed E-state index contributed by atoms with van der Waals surface area (Å²) in [5.74, 6) is 1.61. The maximum atomic E-state index is 13.1. The fraction of sp³-hybridized carbons (Fsp3) is 0.368. The van der Waals surface area contributed by atoms with Gasteiger partial charge in [-0.1, -0.05) is 12.1 Å². The summed E-state index contributed by atoms with van der Waals surface area (Å²) < 4.78 is 13.1. The van der Waals surface area contributed by atoms with Gasteiger partial charge >= 0.3 is 0 Å². The van der Waals surface area contributed by atoms with Gasteiger partial charge in [0.1, 0.15) is 17.2 Å². The summed E-state index contributed by atoms with van der Waals surface area (Å²) in [5, 5.41) is 0. The number of anilines is 1. The SMILES string of the molecule is Cc1nc(N2CCCCC2)c2[nH]cc(Cc3ccc(F)cc3)c2n1. The number of aromatic amines is 1. The quantitative estimate of drug-likeness (QED) is 0.792. The Kier molecular flexibility index (Phi) is 3.92. The summed E-state index contributed by atoms with van der Waals surface area (Å²) in [6.45, 7) is 4.05. The number of nitrogens with one attached hydrogen (secondary N) is 1. The Hall–Kier alpha value is -2.43. The summed E-state index contributed by atoms with van der Waals surface area (Å²) in [6, 6.07) is 6.66. The Balaban J connectivity index is 1.72. The van der Waals surface area contributed by atoms with Crippen LogP contribution in [0.2, 0.25) is 0 Å². The van der Waals surface area contributed by atoms with Crippen LogP contribution in [-0.2, 0) is 6.42 Å². The minimum Gasteiger partial charge on any atom is -0.357 e. The third kappa shape index (κ3) is 2.86. The molecule has 1 N–H and O–H groups in total. The maximum Gasteiger partial charge on any atom is 0.156 e. The first kappa shape index (κ1) is 15.1. The molecule has 1 aliphatic heterocycles. The number of piperidine rings is 1. The maximum absolute atomic E-state index is 13.1. The van der Waals surface area contributed by atoms with Crippen LogP contribution < -0.4 is 4.90 Å². The zero-order chi connectivity index (χ0) is 16.5. The molecule has 3 aromatic rings. The number of benzene rings is 1. The van der Waals surface area contributed by atoms with Crippen LogP contribution in [0.5, 0.6) is 0 Å². The molecule has 4 rings (SSSR count). The van der Waals surface area contributed by atoms with Crippen LogP contribution in [0.1, 0.15) is 36.2 Å². The van der Waals surface area contributed by atoms with E-state index in [1.165, 1.54) is 31.4 Å². The van der Waals surface area contributed by atoms with Gasteiger partial charge in [0.15, 0.2) is 5.82 Å². The lowest BCUT2D eigenvalue weighted by Crippen LogP contribution is -2.30. The molecule has 0 aliphatic carbocycles. The fourth-order valence-corrected chi connectivity index (χ4v) is 3.44. The van der Waals surface area contributed by atoms with Crippen molar-refractivity contribution in [1.82, 2.24) is 15.0 Å². The van der Waals surface area contributed by atoms with Crippen molar-refractivity contribution in [3.8, 4) is 0 Å². The molecular formula is C19H21FN4. The average molecular weight is 324 g/mol. The highest BCUT2D eigenvalue weighted by Gasteiger charge is 2.19. The Labute approximate surface area is 140 Å². The Morgan fingerprint density at radius 3 is 2.58 bits per heavy atom. The first-order valence-electron chi connectivity index (χ1n) is 8.55. The van der Waals surface area contributed by atoms with Crippen LogP contribution in [-0.4, -0.2) is 28.0 Å². The highest BCUT2D eigenvalue weighted by atomic mass is 19.1. The highest BCUT2D eigenvalue weighted by molar-refractivity contribution is 5.89. The summed E-state index contributed by atoms with van der Waals surface area (Å²) in [7, 11) is 0. The second-order valence-electron chi connectivity index (χ2n) is 6.48. The standard InChI is InChI=1S/C19H21FN4/c1-13-22-17-15(11-14-5-7-16(20)8-6-14)12-21-18(17)19(23-13)24-9-3-2-4-10-24/h5-8,12,21H,2-4,9-11H2,1H3. The lowest BCUT2D eigenvalue weighted by Gasteiger charge is -2.28. The Morgan fingerprint density at radius 2 is 1.83 bits per heavy atom. The largest absolute Gasteiger partial charge is 0.357 e. The molecule has 0 saturated carbocycles. The van der Waals surface area contributed by atoms with E-state index in [1.54, 1.807) is 0 Å². The van der Waals surface area contributed by atoms with Gasteiger partial charge in [0, 0.05) is 31.3 Å². The molecule has 1 aliphatic rings. The number of aryl methyl sites for hydroxylation is 1. The summed E-state index contributed by atoms with van der Waals surface area (Å²) in [5.41, 5.74) is 4.19. The predicted molar refractivity (Wildman–Crippen MR) is 93.9 cm³/mol. The number of fused-ring (bicyclic) bond motifs is 1. The van der Waals surface area contributed by atoms with Crippen molar-refractivity contribution in [2.75, 3.05) is 18.0 Å². The lowest BCUT2D eigenvalue weighted by atomic mass is 10.1. The van der Waals surface area contributed by atoms with Crippen molar-refractivity contribution in [2.24, 2.45) is 0 Å². The van der Waals surface area contributed by atoms with Gasteiger partial charge in [0.25, 0.3) is 0 Å². The number of H-pyrrole nitrogens is 1. The van der Waals surface area contributed by atoms with Crippen LogP contribution in [0.3, 0.4) is 0 Å². The van der Waals surface area contributed by atoms with Crippen molar-refractivity contribution >= 4 is 16.9 Å². The van der Waals surface area contributed by atoms with Gasteiger partial charge in [0.2, 0.25) is 0 Å². The van der Waals surface area contributed by atoms with Gasteiger partial charge < -0.3 is 9.88 Å². The Morgan fingerprint density at radius 1 is 1.08 bits per heavy atom. The predicted octanol–water partition coefficient (Wildman–Crippen LogP) is 3.99. The minimum absolute atomic E-state index is 0.205. The molecule has 1 aromatic carbocycles. The molecule has 5 heteroatoms. The van der Waals surface area contributed by atoms with Crippen molar-refractivity contribution in [2.45, 2.75) is 32.6 Å². The molecule has 1 saturated heterocycles. The van der Waals surface area contributed by atoms with Crippen LogP contribution in [0.15, 0.2) is 30.5 Å². The monoisotopic (exact) mass is 324 g/mol. The number of hydrogen-bond donors (Lipinski definition) is 1. The Bertz CT molecular complexity index is 848. The van der Waals surface area contributed by atoms with Crippen molar-refractivity contribution in [3.05, 3.63) is 53.2 Å². The minimum atomic E-state index is -0.205. The van der Waals surface area contributed by atoms with Crippen molar-refractivity contribution in [3.63, 3.8) is 0 Å². The molecule has 0 amide bonds. The van der Waals surface area contributed by atoms with Crippen LogP contribution in [0, 0.1) is 12.7 Å². The first-order chi connectivity index (χ1) is 11.7. The summed E-state index contributed by atoms with van der Waals surface area (Å²) >= 11 is 0. The van der Waals surface area contributed by atoms with E-state index in [0.29, 0.717) is 0 Å². The van der Waals surface area contributed by atoms with E-state index in [2.05, 4.69) is 14.9 Å². The molecule has 3 heterocycles. The molecule has 0 spiro atoms. The van der Waals surface area contributed by atoms with E-state index < -0.39 is 0 Å². The number of halogens is 1. The van der Waals surface area contributed by atoms with E-state index in [1.807, 2.05) is 25.3 Å². The van der Waals surface area contributed by atoms with Gasteiger partial charge in [0.05, 0.1) is 5.52 Å². The molecule has 4 nitrogen and oxygen atoms in total. The van der Waals surface area contributed by atoms with Gasteiger partial charge in [-0.15, -0.1) is 0 Å². The average Bonchev–Trinajstić information content (AvgIpc) is 3.00. The van der Waals surface area contributed by atoms with Gasteiger partial charge in [-0.05, 0) is 43.9 Å². The van der Waals surface area contributed by atoms with Gasteiger partial charge in [-0.25, -0.2) is 14.4 Å². The third-order valence-electron chi connectivity index (χ3n) is 4.66. The number of aromatic nitrogens is 3. The van der Waals surface area contributed by atoms with Crippen LogP contribution in [0.4, 0.5) is 10.2 Å². The van der Waals surface area contributed by atoms with Crippen LogP contribution >= 0.6 is 0 Å². The first-order valence-corrected chi connectivity index (χ1v) is 8.55. The normalized spacial score (nSPS) is 15.2.